The van der Waals surface area contributed by atoms with Crippen molar-refractivity contribution in [3.63, 3.8) is 0 Å². The zero-order chi connectivity index (χ0) is 22.5. The molecule has 0 bridgehead atoms. The van der Waals surface area contributed by atoms with Crippen molar-refractivity contribution in [1.82, 2.24) is 0 Å². The Hall–Kier alpha value is -3.66. The van der Waals surface area contributed by atoms with Crippen molar-refractivity contribution in [1.29, 1.82) is 0 Å². The summed E-state index contributed by atoms with van der Waals surface area (Å²) in [6.07, 6.45) is 2.08. The number of ether oxygens (including phenoxy) is 2. The number of carbonyl (C=O) groups excluding carboxylic acids is 2. The van der Waals surface area contributed by atoms with Gasteiger partial charge in [-0.1, -0.05) is 74.5 Å². The monoisotopic (exact) mass is 426 g/mol. The smallest absolute Gasteiger partial charge is 0.311 e. The molecule has 0 atom stereocenters. The van der Waals surface area contributed by atoms with Crippen LogP contribution in [0.25, 0.3) is 32.7 Å². The van der Waals surface area contributed by atoms with Crippen molar-refractivity contribution in [3.05, 3.63) is 72.8 Å². The number of hydrogen-bond donors (Lipinski definition) is 0. The molecule has 0 spiro atoms. The van der Waals surface area contributed by atoms with Crippen LogP contribution in [-0.4, -0.2) is 11.9 Å². The van der Waals surface area contributed by atoms with Crippen molar-refractivity contribution < 1.29 is 19.1 Å². The highest BCUT2D eigenvalue weighted by molar-refractivity contribution is 6.10. The van der Waals surface area contributed by atoms with Gasteiger partial charge in [-0.05, 0) is 46.5 Å². The van der Waals surface area contributed by atoms with Crippen LogP contribution in [-0.2, 0) is 9.59 Å². The van der Waals surface area contributed by atoms with Crippen molar-refractivity contribution in [2.45, 2.75) is 39.5 Å². The van der Waals surface area contributed by atoms with Gasteiger partial charge in [0.25, 0.3) is 0 Å². The van der Waals surface area contributed by atoms with Crippen LogP contribution < -0.4 is 9.47 Å². The third-order valence-electron chi connectivity index (χ3n) is 5.39. The van der Waals surface area contributed by atoms with E-state index in [0.717, 1.165) is 32.7 Å². The Balaban J connectivity index is 2.03. The summed E-state index contributed by atoms with van der Waals surface area (Å²) in [7, 11) is 0. The maximum Gasteiger partial charge on any atom is 0.311 e. The number of benzene rings is 4. The minimum absolute atomic E-state index is 0.284. The van der Waals surface area contributed by atoms with E-state index in [4.69, 9.17) is 9.47 Å². The molecule has 0 N–H and O–H groups in total. The molecular weight excluding hydrogens is 400 g/mol. The van der Waals surface area contributed by atoms with E-state index in [1.165, 1.54) is 0 Å². The van der Waals surface area contributed by atoms with Gasteiger partial charge in [0.1, 0.15) is 11.5 Å². The second-order valence-corrected chi connectivity index (χ2v) is 7.77. The second kappa shape index (κ2) is 9.65. The molecule has 4 aromatic carbocycles. The first kappa shape index (κ1) is 21.6. The van der Waals surface area contributed by atoms with E-state index < -0.39 is 0 Å². The first-order valence-electron chi connectivity index (χ1n) is 11.1. The fourth-order valence-electron chi connectivity index (χ4n) is 3.94. The van der Waals surface area contributed by atoms with Crippen LogP contribution in [0.5, 0.6) is 11.5 Å². The molecule has 0 amide bonds. The summed E-state index contributed by atoms with van der Waals surface area (Å²) in [6.45, 7) is 3.89. The molecule has 162 valence electrons. The van der Waals surface area contributed by atoms with E-state index in [1.807, 2.05) is 86.6 Å². The molecule has 4 heteroatoms. The number of hydrogen-bond acceptors (Lipinski definition) is 4. The van der Waals surface area contributed by atoms with Gasteiger partial charge in [-0.15, -0.1) is 0 Å². The zero-order valence-electron chi connectivity index (χ0n) is 18.4. The number of rotatable bonds is 7. The lowest BCUT2D eigenvalue weighted by Gasteiger charge is -2.18. The minimum Gasteiger partial charge on any atom is -0.426 e. The summed E-state index contributed by atoms with van der Waals surface area (Å²) < 4.78 is 11.7. The molecule has 0 unspecified atom stereocenters. The van der Waals surface area contributed by atoms with Crippen LogP contribution in [0.15, 0.2) is 72.8 Å². The topological polar surface area (TPSA) is 52.6 Å². The second-order valence-electron chi connectivity index (χ2n) is 7.77. The Bertz CT molecular complexity index is 1190. The molecule has 4 rings (SSSR count). The molecule has 32 heavy (non-hydrogen) atoms. The Morgan fingerprint density at radius 2 is 1.00 bits per heavy atom. The molecule has 0 fully saturated rings. The third kappa shape index (κ3) is 4.35. The van der Waals surface area contributed by atoms with Crippen LogP contribution in [0.3, 0.4) is 0 Å². The van der Waals surface area contributed by atoms with Gasteiger partial charge in [-0.25, -0.2) is 0 Å². The van der Waals surface area contributed by atoms with Crippen LogP contribution in [0.4, 0.5) is 0 Å². The number of fused-ring (bicyclic) bond motifs is 2. The molecule has 0 radical (unpaired) electrons. The quantitative estimate of drug-likeness (QED) is 0.234. The van der Waals surface area contributed by atoms with Gasteiger partial charge in [0.2, 0.25) is 0 Å². The van der Waals surface area contributed by atoms with Gasteiger partial charge >= 0.3 is 11.9 Å². The summed E-state index contributed by atoms with van der Waals surface area (Å²) in [4.78, 5) is 24.9. The van der Waals surface area contributed by atoms with E-state index in [2.05, 4.69) is 0 Å². The molecule has 0 aliphatic carbocycles. The molecule has 0 aliphatic rings. The first-order valence-corrected chi connectivity index (χ1v) is 11.1. The minimum atomic E-state index is -0.284. The van der Waals surface area contributed by atoms with E-state index in [9.17, 15) is 9.59 Å². The van der Waals surface area contributed by atoms with E-state index in [1.54, 1.807) is 0 Å². The first-order chi connectivity index (χ1) is 15.6. The lowest BCUT2D eigenvalue weighted by atomic mass is 9.92. The van der Waals surface area contributed by atoms with Gasteiger partial charge in [-0.3, -0.25) is 9.59 Å². The molecule has 0 saturated heterocycles. The normalized spacial score (nSPS) is 10.9. The average molecular weight is 427 g/mol. The van der Waals surface area contributed by atoms with Gasteiger partial charge in [0, 0.05) is 24.0 Å². The zero-order valence-corrected chi connectivity index (χ0v) is 18.4. The lowest BCUT2D eigenvalue weighted by Crippen LogP contribution is -2.10. The number of esters is 2. The van der Waals surface area contributed by atoms with Crippen LogP contribution in [0.2, 0.25) is 0 Å². The molecular formula is C28H26O4. The third-order valence-corrected chi connectivity index (χ3v) is 5.39. The highest BCUT2D eigenvalue weighted by Crippen LogP contribution is 2.45. The van der Waals surface area contributed by atoms with Crippen LogP contribution >= 0.6 is 0 Å². The summed E-state index contributed by atoms with van der Waals surface area (Å²) in [5.41, 5.74) is 1.51. The predicted octanol–water partition coefficient (Wildman–Crippen LogP) is 7.07. The fraction of sp³-hybridized carbons (Fsp3) is 0.214. The Kier molecular flexibility index (Phi) is 6.50. The van der Waals surface area contributed by atoms with Crippen LogP contribution in [0.1, 0.15) is 39.5 Å². The Morgan fingerprint density at radius 3 is 1.41 bits per heavy atom. The molecule has 0 aliphatic heterocycles. The average Bonchev–Trinajstić information content (AvgIpc) is 2.79. The summed E-state index contributed by atoms with van der Waals surface area (Å²) >= 11 is 0. The van der Waals surface area contributed by atoms with Gasteiger partial charge in [-0.2, -0.15) is 0 Å². The summed E-state index contributed by atoms with van der Waals surface area (Å²) in [5, 5.41) is 3.88. The van der Waals surface area contributed by atoms with Crippen molar-refractivity contribution in [2.24, 2.45) is 0 Å². The van der Waals surface area contributed by atoms with Crippen molar-refractivity contribution >= 4 is 33.5 Å². The molecule has 0 saturated carbocycles. The van der Waals surface area contributed by atoms with Crippen molar-refractivity contribution in [2.75, 3.05) is 0 Å². The largest absolute Gasteiger partial charge is 0.426 e. The highest BCUT2D eigenvalue weighted by atomic mass is 16.5. The summed E-state index contributed by atoms with van der Waals surface area (Å²) in [5.74, 6) is 0.361. The SMILES string of the molecule is CCCC(=O)Oc1ccc2ccccc2c1-c1c(OC(=O)CCC)ccc2ccccc12. The Labute approximate surface area is 187 Å². The van der Waals surface area contributed by atoms with Crippen molar-refractivity contribution in [3.8, 4) is 22.6 Å². The Morgan fingerprint density at radius 1 is 0.594 bits per heavy atom. The lowest BCUT2D eigenvalue weighted by molar-refractivity contribution is -0.135. The molecule has 4 nitrogen and oxygen atoms in total. The van der Waals surface area contributed by atoms with E-state index >= 15 is 0 Å². The fourth-order valence-corrected chi connectivity index (χ4v) is 3.94. The standard InChI is InChI=1S/C28H26O4/c1-3-9-25(29)31-23-17-15-19-11-5-7-13-21(19)27(23)28-22-14-8-6-12-20(22)16-18-24(28)32-26(30)10-4-2/h5-8,11-18H,3-4,9-10H2,1-2H3. The molecule has 4 aromatic rings. The van der Waals surface area contributed by atoms with Crippen LogP contribution in [0, 0.1) is 0 Å². The molecule has 0 heterocycles. The molecule has 0 aromatic heterocycles. The van der Waals surface area contributed by atoms with Gasteiger partial charge in [0.05, 0.1) is 0 Å². The maximum atomic E-state index is 12.4. The number of carbonyl (C=O) groups is 2. The predicted molar refractivity (Wildman–Crippen MR) is 128 cm³/mol. The van der Waals surface area contributed by atoms with E-state index in [0.29, 0.717) is 37.2 Å². The van der Waals surface area contributed by atoms with E-state index in [-0.39, 0.29) is 11.9 Å². The maximum absolute atomic E-state index is 12.4. The summed E-state index contributed by atoms with van der Waals surface area (Å²) in [6, 6.07) is 23.4. The highest BCUT2D eigenvalue weighted by Gasteiger charge is 2.21. The van der Waals surface area contributed by atoms with Gasteiger partial charge < -0.3 is 9.47 Å². The van der Waals surface area contributed by atoms with Gasteiger partial charge in [0.15, 0.2) is 0 Å².